The minimum atomic E-state index is -0.598. The number of amides is 1. The second kappa shape index (κ2) is 9.31. The van der Waals surface area contributed by atoms with E-state index in [0.29, 0.717) is 32.7 Å². The van der Waals surface area contributed by atoms with E-state index in [0.717, 1.165) is 0 Å². The lowest BCUT2D eigenvalue weighted by molar-refractivity contribution is -0.143. The Hall–Kier alpha value is -2.44. The number of esters is 1. The van der Waals surface area contributed by atoms with Gasteiger partial charge in [-0.05, 0) is 24.3 Å². The van der Waals surface area contributed by atoms with Crippen LogP contribution in [0, 0.1) is 0 Å². The molecule has 8 heteroatoms. The number of nitrogens with one attached hydrogen (secondary N) is 1. The molecular formula is C18H17Cl2NO5. The molecule has 2 aromatic carbocycles. The molecule has 2 rings (SSSR count). The molecule has 0 fully saturated rings. The fourth-order valence-corrected chi connectivity index (χ4v) is 2.50. The molecule has 0 bridgehead atoms. The maximum Gasteiger partial charge on any atom is 0.325 e. The number of benzene rings is 2. The van der Waals surface area contributed by atoms with E-state index in [-0.39, 0.29) is 13.2 Å². The second-order valence-corrected chi connectivity index (χ2v) is 6.02. The number of hydrogen-bond acceptors (Lipinski definition) is 5. The van der Waals surface area contributed by atoms with Crippen molar-refractivity contribution in [2.45, 2.75) is 6.61 Å². The van der Waals surface area contributed by atoms with Crippen molar-refractivity contribution in [3.05, 3.63) is 57.6 Å². The maximum absolute atomic E-state index is 12.2. The Morgan fingerprint density at radius 3 is 2.23 bits per heavy atom. The van der Waals surface area contributed by atoms with Crippen LogP contribution in [0.2, 0.25) is 10.0 Å². The van der Waals surface area contributed by atoms with Crippen LogP contribution in [-0.2, 0) is 16.1 Å². The summed E-state index contributed by atoms with van der Waals surface area (Å²) >= 11 is 11.8. The van der Waals surface area contributed by atoms with E-state index in [9.17, 15) is 9.59 Å². The molecule has 0 radical (unpaired) electrons. The van der Waals surface area contributed by atoms with Crippen LogP contribution in [0.4, 0.5) is 0 Å². The number of ether oxygens (including phenoxy) is 3. The fraction of sp³-hybridized carbons (Fsp3) is 0.222. The highest BCUT2D eigenvalue weighted by Gasteiger charge is 2.12. The van der Waals surface area contributed by atoms with E-state index in [1.165, 1.54) is 26.4 Å². The number of carbonyl (C=O) groups excluding carboxylic acids is 2. The molecule has 0 aliphatic rings. The summed E-state index contributed by atoms with van der Waals surface area (Å²) < 4.78 is 15.3. The smallest absolute Gasteiger partial charge is 0.325 e. The average molecular weight is 398 g/mol. The van der Waals surface area contributed by atoms with Crippen molar-refractivity contribution < 1.29 is 23.8 Å². The van der Waals surface area contributed by atoms with Crippen molar-refractivity contribution in [2.75, 3.05) is 20.8 Å². The van der Waals surface area contributed by atoms with E-state index >= 15 is 0 Å². The maximum atomic E-state index is 12.2. The lowest BCUT2D eigenvalue weighted by atomic mass is 10.2. The Bertz CT molecular complexity index is 788. The molecule has 0 aliphatic heterocycles. The van der Waals surface area contributed by atoms with Gasteiger partial charge >= 0.3 is 5.97 Å². The highest BCUT2D eigenvalue weighted by molar-refractivity contribution is 6.35. The van der Waals surface area contributed by atoms with Crippen LogP contribution in [0.25, 0.3) is 0 Å². The van der Waals surface area contributed by atoms with Gasteiger partial charge in [-0.3, -0.25) is 9.59 Å². The number of carbonyl (C=O) groups is 2. The largest absolute Gasteiger partial charge is 0.497 e. The molecule has 26 heavy (non-hydrogen) atoms. The third kappa shape index (κ3) is 5.54. The van der Waals surface area contributed by atoms with Gasteiger partial charge in [-0.25, -0.2) is 0 Å². The fourth-order valence-electron chi connectivity index (χ4n) is 2.04. The van der Waals surface area contributed by atoms with Crippen molar-refractivity contribution in [3.8, 4) is 11.5 Å². The summed E-state index contributed by atoms with van der Waals surface area (Å²) in [5.41, 5.74) is 0.919. The minimum absolute atomic E-state index is 0.0162. The molecule has 6 nitrogen and oxygen atoms in total. The van der Waals surface area contributed by atoms with Gasteiger partial charge in [0.25, 0.3) is 5.91 Å². The summed E-state index contributed by atoms with van der Waals surface area (Å²) in [5, 5.41) is 3.38. The van der Waals surface area contributed by atoms with Crippen LogP contribution >= 0.6 is 23.2 Å². The van der Waals surface area contributed by atoms with Crippen molar-refractivity contribution in [1.82, 2.24) is 5.32 Å². The normalized spacial score (nSPS) is 10.2. The Kier molecular flexibility index (Phi) is 7.12. The molecule has 0 heterocycles. The first kappa shape index (κ1) is 19.9. The van der Waals surface area contributed by atoms with Gasteiger partial charge in [-0.15, -0.1) is 0 Å². The van der Waals surface area contributed by atoms with E-state index in [1.807, 2.05) is 0 Å². The number of methoxy groups -OCH3 is 2. The molecule has 0 unspecified atom stereocenters. The van der Waals surface area contributed by atoms with Gasteiger partial charge in [0.2, 0.25) is 0 Å². The first-order chi connectivity index (χ1) is 12.4. The van der Waals surface area contributed by atoms with Gasteiger partial charge in [0.05, 0.1) is 14.2 Å². The van der Waals surface area contributed by atoms with Gasteiger partial charge < -0.3 is 19.5 Å². The summed E-state index contributed by atoms with van der Waals surface area (Å²) in [6.45, 7) is -0.304. The summed E-state index contributed by atoms with van der Waals surface area (Å²) in [6.07, 6.45) is 0. The molecule has 0 aliphatic carbocycles. The molecule has 1 N–H and O–H groups in total. The van der Waals surface area contributed by atoms with Crippen LogP contribution in [0.1, 0.15) is 15.9 Å². The average Bonchev–Trinajstić information content (AvgIpc) is 2.64. The minimum Gasteiger partial charge on any atom is -0.497 e. The monoisotopic (exact) mass is 397 g/mol. The zero-order valence-electron chi connectivity index (χ0n) is 14.2. The molecule has 1 amide bonds. The lowest BCUT2D eigenvalue weighted by Gasteiger charge is -2.10. The number of hydrogen-bond donors (Lipinski definition) is 1. The Morgan fingerprint density at radius 2 is 1.65 bits per heavy atom. The summed E-state index contributed by atoms with van der Waals surface area (Å²) in [6, 6.07) is 9.59. The summed E-state index contributed by atoms with van der Waals surface area (Å²) in [5.74, 6) is -0.119. The molecule has 0 spiro atoms. The highest BCUT2D eigenvalue weighted by atomic mass is 35.5. The number of halogens is 2. The molecule has 0 saturated heterocycles. The third-order valence-electron chi connectivity index (χ3n) is 3.41. The van der Waals surface area contributed by atoms with Crippen molar-refractivity contribution in [2.24, 2.45) is 0 Å². The van der Waals surface area contributed by atoms with Gasteiger partial charge in [0.1, 0.15) is 24.7 Å². The molecule has 0 aromatic heterocycles. The first-order valence-corrected chi connectivity index (χ1v) is 8.29. The van der Waals surface area contributed by atoms with Gasteiger partial charge in [-0.2, -0.15) is 0 Å². The summed E-state index contributed by atoms with van der Waals surface area (Å²) in [7, 11) is 2.96. The van der Waals surface area contributed by atoms with Crippen molar-refractivity contribution >= 4 is 35.1 Å². The SMILES string of the molecule is COc1cc(OC)cc(C(=O)NCC(=O)OCc2ccc(Cl)cc2Cl)c1. The van der Waals surface area contributed by atoms with E-state index in [4.69, 9.17) is 37.4 Å². The zero-order chi connectivity index (χ0) is 19.1. The van der Waals surface area contributed by atoms with E-state index < -0.39 is 11.9 Å². The predicted octanol–water partition coefficient (Wildman–Crippen LogP) is 3.48. The van der Waals surface area contributed by atoms with E-state index in [1.54, 1.807) is 24.3 Å². The number of rotatable bonds is 7. The van der Waals surface area contributed by atoms with Crippen LogP contribution in [-0.4, -0.2) is 32.6 Å². The van der Waals surface area contributed by atoms with Crippen LogP contribution in [0.3, 0.4) is 0 Å². The van der Waals surface area contributed by atoms with Crippen LogP contribution in [0.15, 0.2) is 36.4 Å². The molecule has 138 valence electrons. The van der Waals surface area contributed by atoms with Gasteiger partial charge in [0, 0.05) is 27.2 Å². The second-order valence-electron chi connectivity index (χ2n) is 5.18. The van der Waals surface area contributed by atoms with Gasteiger partial charge in [0.15, 0.2) is 0 Å². The summed E-state index contributed by atoms with van der Waals surface area (Å²) in [4.78, 5) is 24.0. The third-order valence-corrected chi connectivity index (χ3v) is 4.00. The molecule has 0 atom stereocenters. The van der Waals surface area contributed by atoms with Crippen LogP contribution in [0.5, 0.6) is 11.5 Å². The van der Waals surface area contributed by atoms with Crippen LogP contribution < -0.4 is 14.8 Å². The standard InChI is InChI=1S/C18H17Cl2NO5/c1-24-14-5-12(6-15(8-14)25-2)18(23)21-9-17(22)26-10-11-3-4-13(19)7-16(11)20/h3-8H,9-10H2,1-2H3,(H,21,23). The Labute approximate surface area is 160 Å². The lowest BCUT2D eigenvalue weighted by Crippen LogP contribution is -2.30. The highest BCUT2D eigenvalue weighted by Crippen LogP contribution is 2.23. The zero-order valence-corrected chi connectivity index (χ0v) is 15.7. The molecule has 0 saturated carbocycles. The first-order valence-electron chi connectivity index (χ1n) is 7.53. The Morgan fingerprint density at radius 1 is 1.00 bits per heavy atom. The van der Waals surface area contributed by atoms with Gasteiger partial charge in [-0.1, -0.05) is 29.3 Å². The Balaban J connectivity index is 1.89. The van der Waals surface area contributed by atoms with Crippen molar-refractivity contribution in [1.29, 1.82) is 0 Å². The van der Waals surface area contributed by atoms with E-state index in [2.05, 4.69) is 5.32 Å². The topological polar surface area (TPSA) is 73.9 Å². The quantitative estimate of drug-likeness (QED) is 0.723. The molecule has 2 aromatic rings. The molecular weight excluding hydrogens is 381 g/mol. The predicted molar refractivity (Wildman–Crippen MR) is 98.1 cm³/mol. The van der Waals surface area contributed by atoms with Crippen molar-refractivity contribution in [3.63, 3.8) is 0 Å².